The molecule has 1 fully saturated rings. The summed E-state index contributed by atoms with van der Waals surface area (Å²) in [5.41, 5.74) is 3.24. The van der Waals surface area contributed by atoms with Gasteiger partial charge in [0.2, 0.25) is 0 Å². The quantitative estimate of drug-likeness (QED) is 0.821. The van der Waals surface area contributed by atoms with Crippen LogP contribution in [0.25, 0.3) is 0 Å². The van der Waals surface area contributed by atoms with Crippen molar-refractivity contribution in [1.82, 2.24) is 9.80 Å². The van der Waals surface area contributed by atoms with Gasteiger partial charge in [-0.1, -0.05) is 45.0 Å². The summed E-state index contributed by atoms with van der Waals surface area (Å²) in [6, 6.07) is 16.0. The Labute approximate surface area is 162 Å². The second-order valence-electron chi connectivity index (χ2n) is 8.36. The minimum Gasteiger partial charge on any atom is -0.489 e. The van der Waals surface area contributed by atoms with E-state index in [1.54, 1.807) is 0 Å². The molecule has 0 radical (unpaired) electrons. The van der Waals surface area contributed by atoms with E-state index in [1.165, 1.54) is 5.56 Å². The van der Waals surface area contributed by atoms with Crippen molar-refractivity contribution in [3.05, 3.63) is 65.2 Å². The fourth-order valence-electron chi connectivity index (χ4n) is 3.15. The molecule has 1 aliphatic heterocycles. The number of piperazine rings is 1. The summed E-state index contributed by atoms with van der Waals surface area (Å²) in [7, 11) is 2.09. The van der Waals surface area contributed by atoms with Crippen LogP contribution >= 0.6 is 0 Å². The maximum atomic E-state index is 12.6. The first-order valence-corrected chi connectivity index (χ1v) is 9.63. The molecule has 3 rings (SSSR count). The van der Waals surface area contributed by atoms with E-state index in [-0.39, 0.29) is 11.3 Å². The molecular weight excluding hydrogens is 336 g/mol. The number of rotatable bonds is 4. The largest absolute Gasteiger partial charge is 0.489 e. The minimum absolute atomic E-state index is 0.119. The lowest BCUT2D eigenvalue weighted by Crippen LogP contribution is -2.47. The second kappa shape index (κ2) is 8.13. The van der Waals surface area contributed by atoms with E-state index in [0.29, 0.717) is 6.61 Å². The summed E-state index contributed by atoms with van der Waals surface area (Å²) in [5.74, 6) is 0.980. The highest BCUT2D eigenvalue weighted by Gasteiger charge is 2.20. The van der Waals surface area contributed by atoms with Gasteiger partial charge in [-0.3, -0.25) is 4.79 Å². The maximum absolute atomic E-state index is 12.6. The van der Waals surface area contributed by atoms with E-state index >= 15 is 0 Å². The zero-order valence-corrected chi connectivity index (χ0v) is 16.9. The normalized spacial score (nSPS) is 15.6. The fraction of sp³-hybridized carbons (Fsp3) is 0.435. The summed E-state index contributed by atoms with van der Waals surface area (Å²) in [4.78, 5) is 16.8. The van der Waals surface area contributed by atoms with Gasteiger partial charge in [-0.25, -0.2) is 0 Å². The third-order valence-electron chi connectivity index (χ3n) is 5.12. The molecule has 0 atom stereocenters. The van der Waals surface area contributed by atoms with Crippen LogP contribution in [0.2, 0.25) is 0 Å². The first kappa shape index (κ1) is 19.4. The highest BCUT2D eigenvalue weighted by Crippen LogP contribution is 2.24. The smallest absolute Gasteiger partial charge is 0.253 e. The van der Waals surface area contributed by atoms with Crippen LogP contribution in [-0.4, -0.2) is 48.9 Å². The van der Waals surface area contributed by atoms with Gasteiger partial charge < -0.3 is 14.5 Å². The molecule has 2 aromatic carbocycles. The Morgan fingerprint density at radius 1 is 0.926 bits per heavy atom. The van der Waals surface area contributed by atoms with Gasteiger partial charge in [-0.15, -0.1) is 0 Å². The van der Waals surface area contributed by atoms with E-state index in [4.69, 9.17) is 4.74 Å². The molecule has 2 aromatic rings. The van der Waals surface area contributed by atoms with E-state index in [1.807, 2.05) is 41.3 Å². The van der Waals surface area contributed by atoms with Crippen molar-refractivity contribution >= 4 is 5.91 Å². The average molecular weight is 367 g/mol. The second-order valence-corrected chi connectivity index (χ2v) is 8.36. The first-order chi connectivity index (χ1) is 12.8. The molecule has 0 spiro atoms. The molecule has 0 unspecified atom stereocenters. The van der Waals surface area contributed by atoms with Crippen molar-refractivity contribution in [2.75, 3.05) is 33.2 Å². The van der Waals surface area contributed by atoms with Crippen LogP contribution < -0.4 is 4.74 Å². The molecule has 0 N–H and O–H groups in total. The van der Waals surface area contributed by atoms with Gasteiger partial charge in [-0.2, -0.15) is 0 Å². The molecule has 1 amide bonds. The summed E-state index contributed by atoms with van der Waals surface area (Å²) in [6.45, 7) is 10.6. The molecule has 0 aromatic heterocycles. The Morgan fingerprint density at radius 2 is 1.52 bits per heavy atom. The predicted molar refractivity (Wildman–Crippen MR) is 109 cm³/mol. The van der Waals surface area contributed by atoms with Crippen LogP contribution in [0.3, 0.4) is 0 Å². The number of carbonyl (C=O) groups excluding carboxylic acids is 1. The van der Waals surface area contributed by atoms with Gasteiger partial charge in [0.1, 0.15) is 12.4 Å². The number of likely N-dealkylation sites (N-methyl/N-ethyl adjacent to an activating group) is 1. The minimum atomic E-state index is 0.119. The maximum Gasteiger partial charge on any atom is 0.253 e. The Hall–Kier alpha value is -2.33. The van der Waals surface area contributed by atoms with E-state index in [2.05, 4.69) is 44.9 Å². The molecular formula is C23H30N2O2. The summed E-state index contributed by atoms with van der Waals surface area (Å²) in [6.07, 6.45) is 0. The molecule has 1 saturated heterocycles. The molecule has 144 valence electrons. The molecule has 0 saturated carbocycles. The van der Waals surface area contributed by atoms with Gasteiger partial charge in [-0.05, 0) is 47.9 Å². The Bertz CT molecular complexity index is 752. The number of nitrogens with zero attached hydrogens (tertiary/aromatic N) is 2. The van der Waals surface area contributed by atoms with Crippen LogP contribution in [-0.2, 0) is 12.0 Å². The molecule has 0 bridgehead atoms. The van der Waals surface area contributed by atoms with Gasteiger partial charge in [0.05, 0.1) is 0 Å². The van der Waals surface area contributed by atoms with Gasteiger partial charge in [0.15, 0.2) is 0 Å². The molecule has 27 heavy (non-hydrogen) atoms. The highest BCUT2D eigenvalue weighted by molar-refractivity contribution is 5.94. The third-order valence-corrected chi connectivity index (χ3v) is 5.12. The molecule has 1 aliphatic rings. The van der Waals surface area contributed by atoms with E-state index < -0.39 is 0 Å². The number of hydrogen-bond acceptors (Lipinski definition) is 3. The van der Waals surface area contributed by atoms with Crippen LogP contribution in [0.15, 0.2) is 48.5 Å². The molecule has 1 heterocycles. The average Bonchev–Trinajstić information content (AvgIpc) is 2.66. The Morgan fingerprint density at radius 3 is 2.07 bits per heavy atom. The molecule has 4 nitrogen and oxygen atoms in total. The number of benzene rings is 2. The van der Waals surface area contributed by atoms with Crippen molar-refractivity contribution in [2.45, 2.75) is 32.8 Å². The SMILES string of the molecule is CN1CCN(C(=O)c2ccc(COc3ccc(C(C)(C)C)cc3)cc2)CC1. The summed E-state index contributed by atoms with van der Waals surface area (Å²) >= 11 is 0. The monoisotopic (exact) mass is 366 g/mol. The molecule has 0 aliphatic carbocycles. The number of hydrogen-bond donors (Lipinski definition) is 0. The van der Waals surface area contributed by atoms with E-state index in [9.17, 15) is 4.79 Å². The number of amides is 1. The van der Waals surface area contributed by atoms with Gasteiger partial charge in [0, 0.05) is 31.7 Å². The third kappa shape index (κ3) is 5.10. The lowest BCUT2D eigenvalue weighted by atomic mass is 9.87. The van der Waals surface area contributed by atoms with E-state index in [0.717, 1.165) is 43.1 Å². The first-order valence-electron chi connectivity index (χ1n) is 9.63. The van der Waals surface area contributed by atoms with Crippen molar-refractivity contribution in [2.24, 2.45) is 0 Å². The van der Waals surface area contributed by atoms with Crippen LogP contribution in [0.4, 0.5) is 0 Å². The fourth-order valence-corrected chi connectivity index (χ4v) is 3.15. The Kier molecular flexibility index (Phi) is 5.85. The number of ether oxygens (including phenoxy) is 1. The zero-order valence-electron chi connectivity index (χ0n) is 16.9. The standard InChI is InChI=1S/C23H30N2O2/c1-23(2,3)20-9-11-21(12-10-20)27-17-18-5-7-19(8-6-18)22(26)25-15-13-24(4)14-16-25/h5-12H,13-17H2,1-4H3. The predicted octanol–water partition coefficient (Wildman–Crippen LogP) is 3.95. The summed E-state index contributed by atoms with van der Waals surface area (Å²) < 4.78 is 5.89. The van der Waals surface area contributed by atoms with Crippen molar-refractivity contribution in [3.63, 3.8) is 0 Å². The lowest BCUT2D eigenvalue weighted by Gasteiger charge is -2.32. The van der Waals surface area contributed by atoms with Gasteiger partial charge in [0.25, 0.3) is 5.91 Å². The van der Waals surface area contributed by atoms with Crippen LogP contribution in [0.5, 0.6) is 5.75 Å². The highest BCUT2D eigenvalue weighted by atomic mass is 16.5. The lowest BCUT2D eigenvalue weighted by molar-refractivity contribution is 0.0664. The van der Waals surface area contributed by atoms with Crippen LogP contribution in [0, 0.1) is 0 Å². The topological polar surface area (TPSA) is 32.8 Å². The number of carbonyl (C=O) groups is 1. The van der Waals surface area contributed by atoms with Crippen molar-refractivity contribution in [1.29, 1.82) is 0 Å². The van der Waals surface area contributed by atoms with Crippen molar-refractivity contribution < 1.29 is 9.53 Å². The zero-order chi connectivity index (χ0) is 19.4. The van der Waals surface area contributed by atoms with Crippen molar-refractivity contribution in [3.8, 4) is 5.75 Å². The van der Waals surface area contributed by atoms with Crippen LogP contribution in [0.1, 0.15) is 42.3 Å². The Balaban J connectivity index is 1.55. The summed E-state index contributed by atoms with van der Waals surface area (Å²) in [5, 5.41) is 0. The van der Waals surface area contributed by atoms with Gasteiger partial charge >= 0.3 is 0 Å². The molecule has 4 heteroatoms.